The van der Waals surface area contributed by atoms with Crippen LogP contribution in [0.15, 0.2) is 146 Å². The molecule has 6 aromatic carbocycles. The molecule has 0 fully saturated rings. The number of fused-ring (bicyclic) bond motifs is 6. The monoisotopic (exact) mass is 538 g/mol. The minimum Gasteiger partial charge on any atom is -0.306 e. The number of nitrogens with zero attached hydrogens (tertiary/aromatic N) is 2. The first-order chi connectivity index (χ1) is 20.6. The minimum absolute atomic E-state index is 0.211. The van der Waals surface area contributed by atoms with Crippen molar-refractivity contribution in [2.24, 2.45) is 0 Å². The van der Waals surface area contributed by atoms with Crippen molar-refractivity contribution in [3.8, 4) is 22.4 Å². The summed E-state index contributed by atoms with van der Waals surface area (Å²) in [5.41, 5.74) is 10.3. The van der Waals surface area contributed by atoms with Gasteiger partial charge in [-0.25, -0.2) is 0 Å². The SMILES string of the molecule is CC1(C)c2ccc3ccccc3c2N(c2c(-c3ccccc3)ccnc2-c2ccccc2)c2c1ccc1ccccc21. The van der Waals surface area contributed by atoms with Gasteiger partial charge < -0.3 is 4.90 Å². The lowest BCUT2D eigenvalue weighted by Gasteiger charge is -2.44. The summed E-state index contributed by atoms with van der Waals surface area (Å²) >= 11 is 0. The number of hydrogen-bond donors (Lipinski definition) is 0. The molecule has 200 valence electrons. The Kier molecular flexibility index (Phi) is 5.52. The van der Waals surface area contributed by atoms with Gasteiger partial charge in [0.1, 0.15) is 0 Å². The van der Waals surface area contributed by atoms with Gasteiger partial charge in [-0.3, -0.25) is 4.98 Å². The molecule has 0 radical (unpaired) electrons. The molecule has 0 amide bonds. The summed E-state index contributed by atoms with van der Waals surface area (Å²) in [7, 11) is 0. The van der Waals surface area contributed by atoms with Crippen molar-refractivity contribution >= 4 is 38.6 Å². The molecule has 0 saturated carbocycles. The van der Waals surface area contributed by atoms with E-state index in [1.807, 2.05) is 6.20 Å². The zero-order valence-electron chi connectivity index (χ0n) is 23.8. The second-order valence-corrected chi connectivity index (χ2v) is 11.6. The topological polar surface area (TPSA) is 16.1 Å². The Morgan fingerprint density at radius 3 is 1.55 bits per heavy atom. The van der Waals surface area contributed by atoms with Gasteiger partial charge in [0.2, 0.25) is 0 Å². The fourth-order valence-corrected chi connectivity index (χ4v) is 6.82. The van der Waals surface area contributed by atoms with Crippen LogP contribution in [0.5, 0.6) is 0 Å². The highest BCUT2D eigenvalue weighted by Crippen LogP contribution is 2.58. The largest absolute Gasteiger partial charge is 0.306 e. The summed E-state index contributed by atoms with van der Waals surface area (Å²) in [4.78, 5) is 7.65. The zero-order chi connectivity index (χ0) is 28.3. The molecule has 1 aromatic heterocycles. The van der Waals surface area contributed by atoms with Crippen LogP contribution in [0.1, 0.15) is 25.0 Å². The molecule has 8 rings (SSSR count). The molecule has 7 aromatic rings. The molecule has 0 saturated heterocycles. The van der Waals surface area contributed by atoms with Crippen molar-refractivity contribution < 1.29 is 0 Å². The summed E-state index contributed by atoms with van der Waals surface area (Å²) in [6, 6.07) is 50.3. The summed E-state index contributed by atoms with van der Waals surface area (Å²) < 4.78 is 0. The van der Waals surface area contributed by atoms with E-state index >= 15 is 0 Å². The Morgan fingerprint density at radius 1 is 0.476 bits per heavy atom. The van der Waals surface area contributed by atoms with E-state index in [1.54, 1.807) is 0 Å². The molecule has 2 heteroatoms. The normalized spacial score (nSPS) is 13.6. The summed E-state index contributed by atoms with van der Waals surface area (Å²) in [5.74, 6) is 0. The standard InChI is InChI=1S/C40H30N2/c1-40(2)34-23-21-28-15-9-11-19-31(28)37(34)42(38-32-20-12-10-16-29(32)22-24-35(38)40)39-33(27-13-5-3-6-14-27)25-26-41-36(39)30-17-7-4-8-18-30/h3-26H,1-2H3. The maximum Gasteiger partial charge on any atom is 0.0948 e. The van der Waals surface area contributed by atoms with Crippen LogP contribution < -0.4 is 4.90 Å². The lowest BCUT2D eigenvalue weighted by atomic mass is 9.71. The van der Waals surface area contributed by atoms with E-state index in [0.29, 0.717) is 0 Å². The van der Waals surface area contributed by atoms with Gasteiger partial charge in [-0.05, 0) is 33.5 Å². The lowest BCUT2D eigenvalue weighted by molar-refractivity contribution is 0.634. The number of anilines is 3. The van der Waals surface area contributed by atoms with E-state index in [-0.39, 0.29) is 5.41 Å². The van der Waals surface area contributed by atoms with E-state index in [1.165, 1.54) is 49.6 Å². The van der Waals surface area contributed by atoms with Gasteiger partial charge in [-0.15, -0.1) is 0 Å². The third-order valence-corrected chi connectivity index (χ3v) is 8.87. The average Bonchev–Trinajstić information content (AvgIpc) is 3.05. The van der Waals surface area contributed by atoms with Crippen LogP contribution in [0, 0.1) is 0 Å². The predicted octanol–water partition coefficient (Wildman–Crippen LogP) is 10.8. The Hall–Kier alpha value is -5.21. The smallest absolute Gasteiger partial charge is 0.0948 e. The molecular formula is C40H30N2. The second-order valence-electron chi connectivity index (χ2n) is 11.6. The highest BCUT2D eigenvalue weighted by molar-refractivity contribution is 6.12. The molecule has 42 heavy (non-hydrogen) atoms. The number of benzene rings is 6. The highest BCUT2D eigenvalue weighted by atomic mass is 15.2. The van der Waals surface area contributed by atoms with Crippen LogP contribution in [-0.2, 0) is 5.41 Å². The molecule has 0 N–H and O–H groups in total. The van der Waals surface area contributed by atoms with E-state index in [0.717, 1.165) is 22.5 Å². The molecule has 0 aliphatic carbocycles. The Labute approximate surface area is 246 Å². The number of rotatable bonds is 3. The third-order valence-electron chi connectivity index (χ3n) is 8.87. The van der Waals surface area contributed by atoms with E-state index < -0.39 is 0 Å². The summed E-state index contributed by atoms with van der Waals surface area (Å²) in [6.07, 6.45) is 1.95. The van der Waals surface area contributed by atoms with E-state index in [4.69, 9.17) is 4.98 Å². The number of hydrogen-bond acceptors (Lipinski definition) is 2. The Balaban J connectivity index is 1.60. The van der Waals surface area contributed by atoms with Gasteiger partial charge in [0.05, 0.1) is 22.8 Å². The quantitative estimate of drug-likeness (QED) is 0.222. The molecule has 2 heterocycles. The fraction of sp³-hybridized carbons (Fsp3) is 0.0750. The van der Waals surface area contributed by atoms with Crippen molar-refractivity contribution in [2.75, 3.05) is 4.90 Å². The van der Waals surface area contributed by atoms with Crippen molar-refractivity contribution in [1.82, 2.24) is 4.98 Å². The van der Waals surface area contributed by atoms with Crippen LogP contribution in [0.25, 0.3) is 43.9 Å². The molecule has 0 bridgehead atoms. The molecule has 2 nitrogen and oxygen atoms in total. The van der Waals surface area contributed by atoms with Gasteiger partial charge >= 0.3 is 0 Å². The Bertz CT molecular complexity index is 1960. The highest BCUT2D eigenvalue weighted by Gasteiger charge is 2.40. The molecule has 0 spiro atoms. The molecule has 1 aliphatic rings. The van der Waals surface area contributed by atoms with Crippen LogP contribution in [0.4, 0.5) is 17.1 Å². The maximum absolute atomic E-state index is 5.11. The van der Waals surface area contributed by atoms with Crippen molar-refractivity contribution in [3.05, 3.63) is 157 Å². The first kappa shape index (κ1) is 24.6. The maximum atomic E-state index is 5.11. The van der Waals surface area contributed by atoms with Crippen molar-refractivity contribution in [1.29, 1.82) is 0 Å². The van der Waals surface area contributed by atoms with Crippen LogP contribution >= 0.6 is 0 Å². The van der Waals surface area contributed by atoms with Crippen LogP contribution in [0.2, 0.25) is 0 Å². The summed E-state index contributed by atoms with van der Waals surface area (Å²) in [5, 5.41) is 4.94. The Morgan fingerprint density at radius 2 is 0.976 bits per heavy atom. The molecule has 0 atom stereocenters. The van der Waals surface area contributed by atoms with Gasteiger partial charge in [0.25, 0.3) is 0 Å². The second kappa shape index (κ2) is 9.43. The molecule has 1 aliphatic heterocycles. The van der Waals surface area contributed by atoms with Gasteiger partial charge in [-0.2, -0.15) is 0 Å². The average molecular weight is 539 g/mol. The van der Waals surface area contributed by atoms with Gasteiger partial charge in [-0.1, -0.05) is 147 Å². The first-order valence-corrected chi connectivity index (χ1v) is 14.6. The summed E-state index contributed by atoms with van der Waals surface area (Å²) in [6.45, 7) is 4.73. The van der Waals surface area contributed by atoms with Crippen LogP contribution in [0.3, 0.4) is 0 Å². The van der Waals surface area contributed by atoms with Crippen molar-refractivity contribution in [3.63, 3.8) is 0 Å². The minimum atomic E-state index is -0.211. The fourth-order valence-electron chi connectivity index (χ4n) is 6.82. The number of aromatic nitrogens is 1. The van der Waals surface area contributed by atoms with E-state index in [9.17, 15) is 0 Å². The van der Waals surface area contributed by atoms with Gasteiger partial charge in [0, 0.05) is 33.5 Å². The molecule has 0 unspecified atom stereocenters. The predicted molar refractivity (Wildman–Crippen MR) is 177 cm³/mol. The van der Waals surface area contributed by atoms with Crippen LogP contribution in [-0.4, -0.2) is 4.98 Å². The zero-order valence-corrected chi connectivity index (χ0v) is 23.8. The van der Waals surface area contributed by atoms with E-state index in [2.05, 4.69) is 158 Å². The molecular weight excluding hydrogens is 508 g/mol. The first-order valence-electron chi connectivity index (χ1n) is 14.6. The number of pyridine rings is 1. The van der Waals surface area contributed by atoms with Gasteiger partial charge in [0.15, 0.2) is 0 Å². The lowest BCUT2D eigenvalue weighted by Crippen LogP contribution is -2.31. The third kappa shape index (κ3) is 3.62. The van der Waals surface area contributed by atoms with Crippen molar-refractivity contribution in [2.45, 2.75) is 19.3 Å².